The van der Waals surface area contributed by atoms with Crippen molar-refractivity contribution in [3.63, 3.8) is 0 Å². The molecule has 1 N–H and O–H groups in total. The van der Waals surface area contributed by atoms with Gasteiger partial charge in [0.1, 0.15) is 11.5 Å². The van der Waals surface area contributed by atoms with Gasteiger partial charge in [-0.15, -0.1) is 0 Å². The Kier molecular flexibility index (Phi) is 5.47. The molecule has 0 aromatic heterocycles. The standard InChI is InChI=1S/C21H18N2O4/c1-27-19-10-7-16(8-11-19)21(15-5-3-2-4-6-15)22-14-17-13-18(23(25)26)9-12-20(17)24/h2-14,21,24H,1H3/t21-/m1/s1. The number of nitro groups is 1. The molecule has 0 fully saturated rings. The van der Waals surface area contributed by atoms with Crippen LogP contribution in [0.4, 0.5) is 5.69 Å². The summed E-state index contributed by atoms with van der Waals surface area (Å²) in [6.45, 7) is 0. The van der Waals surface area contributed by atoms with Gasteiger partial charge in [-0.3, -0.25) is 15.1 Å². The van der Waals surface area contributed by atoms with Crippen molar-refractivity contribution >= 4 is 11.9 Å². The summed E-state index contributed by atoms with van der Waals surface area (Å²) in [6.07, 6.45) is 1.46. The van der Waals surface area contributed by atoms with Crippen LogP contribution in [0.2, 0.25) is 0 Å². The number of aliphatic imine (C=N–C) groups is 1. The molecular formula is C21H18N2O4. The quantitative estimate of drug-likeness (QED) is 0.397. The van der Waals surface area contributed by atoms with Gasteiger partial charge in [-0.1, -0.05) is 42.5 Å². The first-order valence-electron chi connectivity index (χ1n) is 8.28. The second-order valence-electron chi connectivity index (χ2n) is 5.86. The Morgan fingerprint density at radius 2 is 1.70 bits per heavy atom. The third-order valence-electron chi connectivity index (χ3n) is 4.13. The van der Waals surface area contributed by atoms with E-state index in [9.17, 15) is 15.2 Å². The highest BCUT2D eigenvalue weighted by atomic mass is 16.6. The van der Waals surface area contributed by atoms with Gasteiger partial charge in [-0.05, 0) is 29.3 Å². The van der Waals surface area contributed by atoms with Crippen LogP contribution in [0.5, 0.6) is 11.5 Å². The molecule has 0 amide bonds. The maximum atomic E-state index is 11.0. The summed E-state index contributed by atoms with van der Waals surface area (Å²) in [7, 11) is 1.60. The Hall–Kier alpha value is -3.67. The summed E-state index contributed by atoms with van der Waals surface area (Å²) >= 11 is 0. The smallest absolute Gasteiger partial charge is 0.270 e. The summed E-state index contributed by atoms with van der Waals surface area (Å²) in [6, 6.07) is 20.8. The minimum Gasteiger partial charge on any atom is -0.507 e. The zero-order chi connectivity index (χ0) is 19.2. The summed E-state index contributed by atoms with van der Waals surface area (Å²) in [5.74, 6) is 0.678. The molecule has 0 aliphatic rings. The second kappa shape index (κ2) is 8.14. The molecule has 0 heterocycles. The average molecular weight is 362 g/mol. The van der Waals surface area contributed by atoms with E-state index in [1.54, 1.807) is 7.11 Å². The average Bonchev–Trinajstić information content (AvgIpc) is 2.70. The molecule has 136 valence electrons. The van der Waals surface area contributed by atoms with E-state index in [-0.39, 0.29) is 17.5 Å². The largest absolute Gasteiger partial charge is 0.507 e. The van der Waals surface area contributed by atoms with Gasteiger partial charge >= 0.3 is 0 Å². The molecule has 0 unspecified atom stereocenters. The fourth-order valence-corrected chi connectivity index (χ4v) is 2.70. The van der Waals surface area contributed by atoms with Crippen molar-refractivity contribution in [2.45, 2.75) is 6.04 Å². The van der Waals surface area contributed by atoms with Crippen molar-refractivity contribution in [1.82, 2.24) is 0 Å². The van der Waals surface area contributed by atoms with Crippen LogP contribution < -0.4 is 4.74 Å². The normalized spacial score (nSPS) is 12.0. The molecule has 3 aromatic carbocycles. The van der Waals surface area contributed by atoms with Crippen LogP contribution in [0, 0.1) is 10.1 Å². The van der Waals surface area contributed by atoms with E-state index in [2.05, 4.69) is 4.99 Å². The van der Waals surface area contributed by atoms with Gasteiger partial charge in [-0.2, -0.15) is 0 Å². The van der Waals surface area contributed by atoms with Crippen LogP contribution in [0.1, 0.15) is 22.7 Å². The predicted molar refractivity (Wildman–Crippen MR) is 104 cm³/mol. The number of nitro benzene ring substituents is 1. The maximum absolute atomic E-state index is 11.0. The maximum Gasteiger partial charge on any atom is 0.270 e. The number of phenolic OH excluding ortho intramolecular Hbond substituents is 1. The minimum absolute atomic E-state index is 0.0640. The zero-order valence-electron chi connectivity index (χ0n) is 14.6. The van der Waals surface area contributed by atoms with Crippen molar-refractivity contribution < 1.29 is 14.8 Å². The number of methoxy groups -OCH3 is 1. The number of nitrogens with zero attached hydrogens (tertiary/aromatic N) is 2. The van der Waals surface area contributed by atoms with Gasteiger partial charge in [0.05, 0.1) is 18.1 Å². The van der Waals surface area contributed by atoms with E-state index in [1.165, 1.54) is 24.4 Å². The van der Waals surface area contributed by atoms with Gasteiger partial charge in [0, 0.05) is 23.9 Å². The van der Waals surface area contributed by atoms with Crippen LogP contribution in [-0.2, 0) is 0 Å². The Bertz CT molecular complexity index is 954. The minimum atomic E-state index is -0.505. The number of non-ortho nitro benzene ring substituents is 1. The topological polar surface area (TPSA) is 85.0 Å². The summed E-state index contributed by atoms with van der Waals surface area (Å²) < 4.78 is 5.20. The van der Waals surface area contributed by atoms with Crippen molar-refractivity contribution in [1.29, 1.82) is 0 Å². The lowest BCUT2D eigenvalue weighted by Gasteiger charge is -2.14. The molecule has 1 atom stereocenters. The molecule has 3 rings (SSSR count). The molecule has 6 heteroatoms. The fourth-order valence-electron chi connectivity index (χ4n) is 2.70. The van der Waals surface area contributed by atoms with E-state index >= 15 is 0 Å². The van der Waals surface area contributed by atoms with Crippen LogP contribution in [0.25, 0.3) is 0 Å². The second-order valence-corrected chi connectivity index (χ2v) is 5.86. The van der Waals surface area contributed by atoms with E-state index < -0.39 is 4.92 Å². The van der Waals surface area contributed by atoms with E-state index in [0.717, 1.165) is 16.9 Å². The van der Waals surface area contributed by atoms with Gasteiger partial charge < -0.3 is 9.84 Å². The highest BCUT2D eigenvalue weighted by Gasteiger charge is 2.14. The monoisotopic (exact) mass is 362 g/mol. The first-order valence-corrected chi connectivity index (χ1v) is 8.28. The van der Waals surface area contributed by atoms with Gasteiger partial charge in [0.25, 0.3) is 5.69 Å². The van der Waals surface area contributed by atoms with Crippen LogP contribution in [0.15, 0.2) is 77.8 Å². The predicted octanol–water partition coefficient (Wildman–Crippen LogP) is 4.52. The highest BCUT2D eigenvalue weighted by Crippen LogP contribution is 2.28. The first kappa shape index (κ1) is 18.1. The zero-order valence-corrected chi connectivity index (χ0v) is 14.6. The van der Waals surface area contributed by atoms with Gasteiger partial charge in [0.2, 0.25) is 0 Å². The van der Waals surface area contributed by atoms with Crippen LogP contribution in [-0.4, -0.2) is 23.4 Å². The lowest BCUT2D eigenvalue weighted by atomic mass is 9.99. The Morgan fingerprint density at radius 3 is 2.33 bits per heavy atom. The number of aromatic hydroxyl groups is 1. The van der Waals surface area contributed by atoms with Crippen molar-refractivity contribution in [2.24, 2.45) is 4.99 Å². The molecule has 6 nitrogen and oxygen atoms in total. The van der Waals surface area contributed by atoms with Crippen molar-refractivity contribution in [3.8, 4) is 11.5 Å². The number of rotatable bonds is 6. The molecule has 0 saturated heterocycles. The van der Waals surface area contributed by atoms with Crippen molar-refractivity contribution in [2.75, 3.05) is 7.11 Å². The first-order chi connectivity index (χ1) is 13.1. The molecule has 27 heavy (non-hydrogen) atoms. The van der Waals surface area contributed by atoms with E-state index in [1.807, 2.05) is 54.6 Å². The molecule has 0 aliphatic carbocycles. The molecule has 3 aromatic rings. The summed E-state index contributed by atoms with van der Waals surface area (Å²) in [5, 5.41) is 21.0. The summed E-state index contributed by atoms with van der Waals surface area (Å²) in [5.41, 5.74) is 2.08. The fraction of sp³-hybridized carbons (Fsp3) is 0.0952. The third-order valence-corrected chi connectivity index (χ3v) is 4.13. The lowest BCUT2D eigenvalue weighted by molar-refractivity contribution is -0.384. The SMILES string of the molecule is COc1ccc([C@H](N=Cc2cc([N+](=O)[O-])ccc2O)c2ccccc2)cc1. The number of ether oxygens (including phenoxy) is 1. The Balaban J connectivity index is 2.00. The summed E-state index contributed by atoms with van der Waals surface area (Å²) in [4.78, 5) is 15.1. The van der Waals surface area contributed by atoms with Crippen molar-refractivity contribution in [3.05, 3.63) is 99.6 Å². The highest BCUT2D eigenvalue weighted by molar-refractivity contribution is 5.84. The third kappa shape index (κ3) is 4.30. The van der Waals surface area contributed by atoms with Crippen LogP contribution >= 0.6 is 0 Å². The van der Waals surface area contributed by atoms with Gasteiger partial charge in [-0.25, -0.2) is 0 Å². The Morgan fingerprint density at radius 1 is 1.04 bits per heavy atom. The molecule has 0 bridgehead atoms. The number of phenols is 1. The van der Waals surface area contributed by atoms with Gasteiger partial charge in [0.15, 0.2) is 0 Å². The molecule has 0 aliphatic heterocycles. The van der Waals surface area contributed by atoms with E-state index in [4.69, 9.17) is 4.74 Å². The molecular weight excluding hydrogens is 344 g/mol. The molecule has 0 saturated carbocycles. The molecule has 0 radical (unpaired) electrons. The molecule has 0 spiro atoms. The number of benzene rings is 3. The number of hydrogen-bond donors (Lipinski definition) is 1. The lowest BCUT2D eigenvalue weighted by Crippen LogP contribution is -1.99. The Labute approximate surface area is 156 Å². The van der Waals surface area contributed by atoms with E-state index in [0.29, 0.717) is 5.56 Å². The van der Waals surface area contributed by atoms with Crippen LogP contribution in [0.3, 0.4) is 0 Å². The number of hydrogen-bond acceptors (Lipinski definition) is 5.